The standard InChI is InChI=1S/C14H17BrN2S2/c15-13-3-2-12(19-13)14(11-4-9-18-10-11)17-7-1-5-16-6-8-17/h2-4,9-10,14,16H,1,5-8H2. The molecule has 0 amide bonds. The highest BCUT2D eigenvalue weighted by Crippen LogP contribution is 2.36. The van der Waals surface area contributed by atoms with Crippen molar-refractivity contribution in [2.24, 2.45) is 0 Å². The third kappa shape index (κ3) is 3.28. The van der Waals surface area contributed by atoms with Gasteiger partial charge >= 0.3 is 0 Å². The van der Waals surface area contributed by atoms with Crippen LogP contribution in [0.2, 0.25) is 0 Å². The Hall–Kier alpha value is -0.200. The topological polar surface area (TPSA) is 15.3 Å². The highest BCUT2D eigenvalue weighted by atomic mass is 79.9. The minimum absolute atomic E-state index is 0.419. The third-order valence-electron chi connectivity index (χ3n) is 3.46. The first kappa shape index (κ1) is 13.8. The van der Waals surface area contributed by atoms with Crippen molar-refractivity contribution in [3.05, 3.63) is 43.2 Å². The fraction of sp³-hybridized carbons (Fsp3) is 0.429. The van der Waals surface area contributed by atoms with Crippen LogP contribution < -0.4 is 5.32 Å². The predicted octanol–water partition coefficient (Wildman–Crippen LogP) is 3.96. The number of nitrogens with zero attached hydrogens (tertiary/aromatic N) is 1. The molecular formula is C14H17BrN2S2. The Labute approximate surface area is 130 Å². The van der Waals surface area contributed by atoms with Gasteiger partial charge in [-0.05, 0) is 63.4 Å². The average Bonchev–Trinajstić information content (AvgIpc) is 2.98. The van der Waals surface area contributed by atoms with Crippen molar-refractivity contribution in [3.8, 4) is 0 Å². The number of rotatable bonds is 3. The van der Waals surface area contributed by atoms with E-state index in [9.17, 15) is 0 Å². The first-order chi connectivity index (χ1) is 9.34. The van der Waals surface area contributed by atoms with Crippen LogP contribution in [0.5, 0.6) is 0 Å². The summed E-state index contributed by atoms with van der Waals surface area (Å²) in [7, 11) is 0. The summed E-state index contributed by atoms with van der Waals surface area (Å²) in [5.41, 5.74) is 1.43. The van der Waals surface area contributed by atoms with Gasteiger partial charge in [0.15, 0.2) is 0 Å². The Balaban J connectivity index is 1.91. The molecule has 0 radical (unpaired) electrons. The summed E-state index contributed by atoms with van der Waals surface area (Å²) >= 11 is 7.24. The monoisotopic (exact) mass is 356 g/mol. The SMILES string of the molecule is Brc1ccc(C(c2ccsc2)N2CCCNCC2)s1. The van der Waals surface area contributed by atoms with Crippen LogP contribution in [0.15, 0.2) is 32.7 Å². The number of hydrogen-bond acceptors (Lipinski definition) is 4. The van der Waals surface area contributed by atoms with E-state index in [0.717, 1.165) is 19.6 Å². The van der Waals surface area contributed by atoms with Crippen molar-refractivity contribution >= 4 is 38.6 Å². The number of halogens is 1. The van der Waals surface area contributed by atoms with Gasteiger partial charge in [0, 0.05) is 24.5 Å². The first-order valence-corrected chi connectivity index (χ1v) is 9.12. The Kier molecular flexibility index (Phi) is 4.71. The Morgan fingerprint density at radius 3 is 2.89 bits per heavy atom. The molecule has 3 rings (SSSR count). The van der Waals surface area contributed by atoms with Crippen LogP contribution in [-0.4, -0.2) is 31.1 Å². The summed E-state index contributed by atoms with van der Waals surface area (Å²) in [6.45, 7) is 4.52. The van der Waals surface area contributed by atoms with E-state index in [2.05, 4.69) is 55.1 Å². The second-order valence-corrected chi connectivity index (χ2v) is 8.02. The predicted molar refractivity (Wildman–Crippen MR) is 87.2 cm³/mol. The van der Waals surface area contributed by atoms with E-state index in [1.807, 2.05) is 11.3 Å². The lowest BCUT2D eigenvalue weighted by Crippen LogP contribution is -2.32. The average molecular weight is 357 g/mol. The van der Waals surface area contributed by atoms with Gasteiger partial charge in [0.05, 0.1) is 9.83 Å². The van der Waals surface area contributed by atoms with Crippen molar-refractivity contribution in [2.45, 2.75) is 12.5 Å². The molecule has 1 aliphatic rings. The van der Waals surface area contributed by atoms with Gasteiger partial charge in [-0.1, -0.05) is 0 Å². The van der Waals surface area contributed by atoms with Gasteiger partial charge in [0.2, 0.25) is 0 Å². The van der Waals surface area contributed by atoms with Crippen LogP contribution >= 0.6 is 38.6 Å². The first-order valence-electron chi connectivity index (χ1n) is 6.57. The van der Waals surface area contributed by atoms with Gasteiger partial charge in [-0.3, -0.25) is 4.90 Å². The summed E-state index contributed by atoms with van der Waals surface area (Å²) in [6.07, 6.45) is 1.23. The van der Waals surface area contributed by atoms with Gasteiger partial charge in [-0.15, -0.1) is 11.3 Å². The summed E-state index contributed by atoms with van der Waals surface area (Å²) in [4.78, 5) is 4.05. The number of thiophene rings is 2. The molecule has 19 heavy (non-hydrogen) atoms. The van der Waals surface area contributed by atoms with E-state index < -0.39 is 0 Å². The molecule has 3 heterocycles. The molecule has 0 bridgehead atoms. The fourth-order valence-corrected chi connectivity index (χ4v) is 4.85. The summed E-state index contributed by atoms with van der Waals surface area (Å²) < 4.78 is 1.22. The van der Waals surface area contributed by atoms with Crippen molar-refractivity contribution in [1.29, 1.82) is 0 Å². The largest absolute Gasteiger partial charge is 0.315 e. The van der Waals surface area contributed by atoms with Crippen molar-refractivity contribution in [3.63, 3.8) is 0 Å². The molecule has 2 aromatic heterocycles. The summed E-state index contributed by atoms with van der Waals surface area (Å²) in [5, 5.41) is 7.96. The molecule has 102 valence electrons. The van der Waals surface area contributed by atoms with Crippen LogP contribution in [0.25, 0.3) is 0 Å². The Morgan fingerprint density at radius 2 is 2.16 bits per heavy atom. The van der Waals surface area contributed by atoms with Crippen LogP contribution in [0.1, 0.15) is 22.9 Å². The molecule has 1 atom stereocenters. The normalized spacial score (nSPS) is 19.2. The molecule has 1 aliphatic heterocycles. The summed E-state index contributed by atoms with van der Waals surface area (Å²) in [5.74, 6) is 0. The maximum Gasteiger partial charge on any atom is 0.0705 e. The molecule has 0 aromatic carbocycles. The third-order valence-corrected chi connectivity index (χ3v) is 5.84. The lowest BCUT2D eigenvalue weighted by atomic mass is 10.1. The quantitative estimate of drug-likeness (QED) is 0.895. The van der Waals surface area contributed by atoms with Gasteiger partial charge in [0.25, 0.3) is 0 Å². The number of nitrogens with one attached hydrogen (secondary N) is 1. The molecule has 2 nitrogen and oxygen atoms in total. The molecule has 1 N–H and O–H groups in total. The van der Waals surface area contributed by atoms with Crippen LogP contribution in [0.4, 0.5) is 0 Å². The van der Waals surface area contributed by atoms with Crippen molar-refractivity contribution < 1.29 is 0 Å². The minimum Gasteiger partial charge on any atom is -0.315 e. The van der Waals surface area contributed by atoms with Crippen LogP contribution in [0.3, 0.4) is 0 Å². The molecule has 0 aliphatic carbocycles. The smallest absolute Gasteiger partial charge is 0.0705 e. The second-order valence-electron chi connectivity index (χ2n) is 4.74. The van der Waals surface area contributed by atoms with Crippen molar-refractivity contribution in [2.75, 3.05) is 26.2 Å². The van der Waals surface area contributed by atoms with E-state index in [0.29, 0.717) is 6.04 Å². The highest BCUT2D eigenvalue weighted by molar-refractivity contribution is 9.11. The molecule has 1 unspecified atom stereocenters. The van der Waals surface area contributed by atoms with E-state index in [4.69, 9.17) is 0 Å². The molecule has 0 saturated carbocycles. The Morgan fingerprint density at radius 1 is 1.21 bits per heavy atom. The fourth-order valence-electron chi connectivity index (χ4n) is 2.59. The minimum atomic E-state index is 0.419. The molecular weight excluding hydrogens is 340 g/mol. The lowest BCUT2D eigenvalue weighted by molar-refractivity contribution is 0.244. The molecule has 2 aromatic rings. The highest BCUT2D eigenvalue weighted by Gasteiger charge is 2.24. The maximum absolute atomic E-state index is 3.59. The van der Waals surface area contributed by atoms with Gasteiger partial charge in [-0.25, -0.2) is 0 Å². The second kappa shape index (κ2) is 6.50. The molecule has 0 spiro atoms. The van der Waals surface area contributed by atoms with E-state index >= 15 is 0 Å². The zero-order chi connectivity index (χ0) is 13.1. The zero-order valence-corrected chi connectivity index (χ0v) is 13.9. The van der Waals surface area contributed by atoms with Gasteiger partial charge < -0.3 is 5.32 Å². The molecule has 1 fully saturated rings. The van der Waals surface area contributed by atoms with Gasteiger partial charge in [0.1, 0.15) is 0 Å². The van der Waals surface area contributed by atoms with Crippen LogP contribution in [-0.2, 0) is 0 Å². The van der Waals surface area contributed by atoms with Gasteiger partial charge in [-0.2, -0.15) is 11.3 Å². The van der Waals surface area contributed by atoms with E-state index in [1.165, 1.54) is 27.2 Å². The summed E-state index contributed by atoms with van der Waals surface area (Å²) in [6, 6.07) is 7.11. The van der Waals surface area contributed by atoms with Crippen molar-refractivity contribution in [1.82, 2.24) is 10.2 Å². The maximum atomic E-state index is 3.59. The molecule has 5 heteroatoms. The molecule has 1 saturated heterocycles. The van der Waals surface area contributed by atoms with E-state index in [-0.39, 0.29) is 0 Å². The van der Waals surface area contributed by atoms with Crippen LogP contribution in [0, 0.1) is 0 Å². The zero-order valence-electron chi connectivity index (χ0n) is 10.6. The lowest BCUT2D eigenvalue weighted by Gasteiger charge is -2.29. The number of hydrogen-bond donors (Lipinski definition) is 1. The van der Waals surface area contributed by atoms with E-state index in [1.54, 1.807) is 11.3 Å². The Bertz CT molecular complexity index is 501.